The summed E-state index contributed by atoms with van der Waals surface area (Å²) in [5.74, 6) is -0.389. The molecule has 0 bridgehead atoms. The van der Waals surface area contributed by atoms with E-state index in [1.807, 2.05) is 6.07 Å². The van der Waals surface area contributed by atoms with Crippen molar-refractivity contribution in [3.8, 4) is 28.7 Å². The van der Waals surface area contributed by atoms with Crippen LogP contribution in [0, 0.1) is 17.1 Å². The molecule has 1 saturated heterocycles. The third kappa shape index (κ3) is 3.65. The molecule has 0 atom stereocenters. The first-order valence-corrected chi connectivity index (χ1v) is 12.0. The molecule has 4 aromatic rings. The lowest BCUT2D eigenvalue weighted by molar-refractivity contribution is 0.0726. The average Bonchev–Trinajstić information content (AvgIpc) is 3.25. The third-order valence-electron chi connectivity index (χ3n) is 5.89. The summed E-state index contributed by atoms with van der Waals surface area (Å²) in [7, 11) is -3.35. The Morgan fingerprint density at radius 2 is 1.94 bits per heavy atom. The maximum atomic E-state index is 14.5. The molecule has 0 aliphatic carbocycles. The lowest BCUT2D eigenvalue weighted by Crippen LogP contribution is -2.63. The fraction of sp³-hybridized carbons (Fsp3) is 0.217. The largest absolute Gasteiger partial charge is 0.262 e. The molecular weight excluding hydrogens is 443 g/mol. The molecule has 5 rings (SSSR count). The van der Waals surface area contributed by atoms with Crippen molar-refractivity contribution >= 4 is 20.9 Å². The van der Waals surface area contributed by atoms with E-state index in [1.165, 1.54) is 10.4 Å². The number of sulfonamides is 1. The van der Waals surface area contributed by atoms with Crippen LogP contribution in [0.5, 0.6) is 0 Å². The topological polar surface area (TPSA) is 105 Å². The molecule has 0 N–H and O–H groups in total. The Labute approximate surface area is 190 Å². The van der Waals surface area contributed by atoms with E-state index in [-0.39, 0.29) is 25.3 Å². The molecule has 0 radical (unpaired) electrons. The van der Waals surface area contributed by atoms with Crippen molar-refractivity contribution in [1.82, 2.24) is 24.1 Å². The van der Waals surface area contributed by atoms with E-state index in [9.17, 15) is 18.1 Å². The number of halogens is 1. The molecule has 1 aliphatic heterocycles. The summed E-state index contributed by atoms with van der Waals surface area (Å²) >= 11 is 0. The zero-order valence-corrected chi connectivity index (χ0v) is 18.5. The number of nitriles is 1. The average molecular weight is 463 g/mol. The highest BCUT2D eigenvalue weighted by Gasteiger charge is 2.49. The fourth-order valence-corrected chi connectivity index (χ4v) is 5.07. The van der Waals surface area contributed by atoms with E-state index in [4.69, 9.17) is 4.98 Å². The van der Waals surface area contributed by atoms with Gasteiger partial charge in [-0.25, -0.2) is 17.8 Å². The number of fused-ring (bicyclic) bond motifs is 1. The standard InChI is InChI=1S/C23H19FN6O2S/c1-33(31,32)29-14-23(15-29,9-10-25)30-12-8-19(28-30)22-17-6-4-11-26-20(17)13-21(27-22)16-5-2-3-7-18(16)24/h2-8,11-13H,9,14-15H2,1H3. The molecule has 1 aliphatic rings. The molecule has 0 unspecified atom stereocenters. The minimum absolute atomic E-state index is 0.116. The quantitative estimate of drug-likeness (QED) is 0.451. The summed E-state index contributed by atoms with van der Waals surface area (Å²) in [6.07, 6.45) is 4.65. The number of hydrogen-bond acceptors (Lipinski definition) is 6. The van der Waals surface area contributed by atoms with Gasteiger partial charge in [0.15, 0.2) is 0 Å². The van der Waals surface area contributed by atoms with Crippen LogP contribution in [0.15, 0.2) is 60.9 Å². The van der Waals surface area contributed by atoms with E-state index in [2.05, 4.69) is 16.2 Å². The second-order valence-electron chi connectivity index (χ2n) is 8.14. The number of benzene rings is 1. The van der Waals surface area contributed by atoms with Gasteiger partial charge in [-0.1, -0.05) is 12.1 Å². The lowest BCUT2D eigenvalue weighted by Gasteiger charge is -2.47. The number of hydrogen-bond donors (Lipinski definition) is 0. The van der Waals surface area contributed by atoms with Crippen LogP contribution in [0.25, 0.3) is 33.5 Å². The molecule has 33 heavy (non-hydrogen) atoms. The number of nitrogens with zero attached hydrogens (tertiary/aromatic N) is 6. The first-order valence-electron chi connectivity index (χ1n) is 10.2. The molecule has 0 spiro atoms. The van der Waals surface area contributed by atoms with Gasteiger partial charge in [0.05, 0.1) is 30.0 Å². The van der Waals surface area contributed by atoms with Crippen molar-refractivity contribution in [3.05, 3.63) is 66.7 Å². The first-order chi connectivity index (χ1) is 15.8. The van der Waals surface area contributed by atoms with Gasteiger partial charge in [-0.2, -0.15) is 14.7 Å². The van der Waals surface area contributed by atoms with Crippen LogP contribution in [0.1, 0.15) is 6.42 Å². The fourth-order valence-electron chi connectivity index (χ4n) is 4.12. The number of aromatic nitrogens is 4. The molecule has 166 valence electrons. The second kappa shape index (κ2) is 7.72. The summed E-state index contributed by atoms with van der Waals surface area (Å²) in [5, 5.41) is 14.8. The van der Waals surface area contributed by atoms with Crippen molar-refractivity contribution in [1.29, 1.82) is 5.26 Å². The minimum Gasteiger partial charge on any atom is -0.262 e. The molecular formula is C23H19FN6O2S. The Morgan fingerprint density at radius 3 is 2.67 bits per heavy atom. The van der Waals surface area contributed by atoms with Crippen LogP contribution in [0.3, 0.4) is 0 Å². The monoisotopic (exact) mass is 462 g/mol. The predicted octanol–water partition coefficient (Wildman–Crippen LogP) is 3.18. The highest BCUT2D eigenvalue weighted by Crippen LogP contribution is 2.36. The van der Waals surface area contributed by atoms with Crippen molar-refractivity contribution in [2.24, 2.45) is 0 Å². The molecule has 10 heteroatoms. The summed E-state index contributed by atoms with van der Waals surface area (Å²) in [6.45, 7) is 0.344. The second-order valence-corrected chi connectivity index (χ2v) is 10.1. The van der Waals surface area contributed by atoms with Crippen LogP contribution < -0.4 is 0 Å². The van der Waals surface area contributed by atoms with E-state index < -0.39 is 15.6 Å². The van der Waals surface area contributed by atoms with Crippen LogP contribution >= 0.6 is 0 Å². The van der Waals surface area contributed by atoms with Crippen molar-refractivity contribution in [2.45, 2.75) is 12.0 Å². The minimum atomic E-state index is -3.35. The highest BCUT2D eigenvalue weighted by molar-refractivity contribution is 7.88. The van der Waals surface area contributed by atoms with Crippen LogP contribution in [-0.2, 0) is 15.6 Å². The summed E-state index contributed by atoms with van der Waals surface area (Å²) in [5.41, 5.74) is 1.75. The maximum absolute atomic E-state index is 14.5. The first kappa shape index (κ1) is 21.2. The molecule has 3 aromatic heterocycles. The highest BCUT2D eigenvalue weighted by atomic mass is 32.2. The van der Waals surface area contributed by atoms with Gasteiger partial charge in [-0.05, 0) is 36.4 Å². The van der Waals surface area contributed by atoms with Gasteiger partial charge in [0.2, 0.25) is 10.0 Å². The van der Waals surface area contributed by atoms with Crippen molar-refractivity contribution in [3.63, 3.8) is 0 Å². The third-order valence-corrected chi connectivity index (χ3v) is 7.08. The van der Waals surface area contributed by atoms with Crippen molar-refractivity contribution in [2.75, 3.05) is 19.3 Å². The molecule has 4 heterocycles. The maximum Gasteiger partial charge on any atom is 0.211 e. The van der Waals surface area contributed by atoms with Gasteiger partial charge < -0.3 is 0 Å². The summed E-state index contributed by atoms with van der Waals surface area (Å²) in [4.78, 5) is 9.13. The van der Waals surface area contributed by atoms with Gasteiger partial charge in [0.25, 0.3) is 0 Å². The van der Waals surface area contributed by atoms with E-state index >= 15 is 0 Å². The van der Waals surface area contributed by atoms with Crippen LogP contribution in [0.4, 0.5) is 4.39 Å². The normalized spacial score (nSPS) is 15.8. The molecule has 1 aromatic carbocycles. The molecule has 1 fully saturated rings. The predicted molar refractivity (Wildman–Crippen MR) is 121 cm³/mol. The van der Waals surface area contributed by atoms with Gasteiger partial charge >= 0.3 is 0 Å². The zero-order chi connectivity index (χ0) is 23.2. The van der Waals surface area contributed by atoms with E-state index in [0.29, 0.717) is 28.2 Å². The zero-order valence-electron chi connectivity index (χ0n) is 17.7. The lowest BCUT2D eigenvalue weighted by atomic mass is 9.89. The Bertz CT molecular complexity index is 1520. The Hall–Kier alpha value is -3.68. The smallest absolute Gasteiger partial charge is 0.211 e. The van der Waals surface area contributed by atoms with E-state index in [1.54, 1.807) is 53.5 Å². The number of pyridine rings is 2. The molecule has 0 saturated carbocycles. The van der Waals surface area contributed by atoms with Gasteiger partial charge in [-0.3, -0.25) is 9.67 Å². The Kier molecular flexibility index (Phi) is 4.96. The summed E-state index contributed by atoms with van der Waals surface area (Å²) < 4.78 is 41.2. The molecule has 0 amide bonds. The SMILES string of the molecule is CS(=O)(=O)N1CC(CC#N)(n2ccc(-c3nc(-c4ccccc4F)cc4ncccc34)n2)C1. The van der Waals surface area contributed by atoms with Gasteiger partial charge in [0.1, 0.15) is 22.7 Å². The van der Waals surface area contributed by atoms with Crippen LogP contribution in [0.2, 0.25) is 0 Å². The number of rotatable bonds is 5. The summed E-state index contributed by atoms with van der Waals surface area (Å²) in [6, 6.07) is 15.7. The Balaban J connectivity index is 1.61. The molecule has 8 nitrogen and oxygen atoms in total. The van der Waals surface area contributed by atoms with Gasteiger partial charge in [0, 0.05) is 36.4 Å². The Morgan fingerprint density at radius 1 is 1.15 bits per heavy atom. The van der Waals surface area contributed by atoms with Crippen molar-refractivity contribution < 1.29 is 12.8 Å². The van der Waals surface area contributed by atoms with Gasteiger partial charge in [-0.15, -0.1) is 0 Å². The van der Waals surface area contributed by atoms with Crippen LogP contribution in [-0.4, -0.2) is 51.8 Å². The van der Waals surface area contributed by atoms with E-state index in [0.717, 1.165) is 11.6 Å².